The fourth-order valence-corrected chi connectivity index (χ4v) is 10.3. The molecule has 0 aromatic carbocycles. The molecular formula is C36H49NO5S. The molecule has 1 amide bonds. The Labute approximate surface area is 261 Å². The van der Waals surface area contributed by atoms with Gasteiger partial charge < -0.3 is 15.2 Å². The highest BCUT2D eigenvalue weighted by Crippen LogP contribution is 2.75. The van der Waals surface area contributed by atoms with Crippen LogP contribution in [0.2, 0.25) is 0 Å². The predicted octanol–water partition coefficient (Wildman–Crippen LogP) is 7.19. The zero-order valence-electron chi connectivity index (χ0n) is 27.0. The molecule has 7 atom stereocenters. The number of ether oxygens (including phenoxy) is 1. The molecule has 0 aromatic heterocycles. The average Bonchev–Trinajstić information content (AvgIpc) is 2.97. The fourth-order valence-electron chi connectivity index (χ4n) is 9.58. The van der Waals surface area contributed by atoms with Crippen molar-refractivity contribution in [1.82, 2.24) is 5.32 Å². The Morgan fingerprint density at radius 2 is 1.81 bits per heavy atom. The summed E-state index contributed by atoms with van der Waals surface area (Å²) in [5.41, 5.74) is 3.16. The number of fused-ring (bicyclic) bond motifs is 7. The number of thioether (sulfide) groups is 1. The fraction of sp³-hybridized carbons (Fsp3) is 0.639. The molecular weight excluding hydrogens is 558 g/mol. The molecule has 234 valence electrons. The van der Waals surface area contributed by atoms with E-state index in [1.54, 1.807) is 23.9 Å². The van der Waals surface area contributed by atoms with E-state index in [-0.39, 0.29) is 39.1 Å². The van der Waals surface area contributed by atoms with Crippen molar-refractivity contribution in [3.8, 4) is 0 Å². The minimum absolute atomic E-state index is 0.0491. The van der Waals surface area contributed by atoms with Crippen molar-refractivity contribution in [1.29, 1.82) is 0 Å². The number of rotatable bonds is 7. The molecule has 0 saturated heterocycles. The topological polar surface area (TPSA) is 92.7 Å². The molecule has 3 saturated carbocycles. The minimum Gasteiger partial charge on any atom is -0.504 e. The van der Waals surface area contributed by atoms with Gasteiger partial charge in [-0.05, 0) is 91.3 Å². The van der Waals surface area contributed by atoms with E-state index in [1.807, 2.05) is 6.92 Å². The van der Waals surface area contributed by atoms with Crippen molar-refractivity contribution < 1.29 is 24.2 Å². The molecule has 5 aliphatic rings. The summed E-state index contributed by atoms with van der Waals surface area (Å²) in [6.45, 7) is 17.3. The average molecular weight is 608 g/mol. The molecule has 0 heterocycles. The Morgan fingerprint density at radius 3 is 2.49 bits per heavy atom. The Balaban J connectivity index is 1.48. The minimum atomic E-state index is -0.688. The number of allylic oxidation sites excluding steroid dienone is 7. The summed E-state index contributed by atoms with van der Waals surface area (Å²) >= 11 is 1.56. The monoisotopic (exact) mass is 607 g/mol. The predicted molar refractivity (Wildman–Crippen MR) is 172 cm³/mol. The van der Waals surface area contributed by atoms with Gasteiger partial charge in [0, 0.05) is 27.9 Å². The van der Waals surface area contributed by atoms with E-state index in [4.69, 9.17) is 4.74 Å². The van der Waals surface area contributed by atoms with E-state index in [0.717, 1.165) is 56.1 Å². The molecule has 43 heavy (non-hydrogen) atoms. The highest BCUT2D eigenvalue weighted by Gasteiger charge is 2.67. The standard InChI is InChI=1S/C36H49NO5S/c1-9-18-43-21-25(30(40)42-8)37-31(41)33(4)13-12-32(3)14-16-35(6)27-11-10-23-22(2)29(39)26(38)19-24(23)34(27,5)15-17-36(35,7)28(32)20-33/h9-11,19,25,28,39H,1,12-18,20-21H2,2-8H3,(H,37,41)/t25-,28-,32+,33-,34+,35+,36-/m0/s1. The zero-order valence-corrected chi connectivity index (χ0v) is 27.8. The van der Waals surface area contributed by atoms with Gasteiger partial charge in [0.1, 0.15) is 6.04 Å². The molecule has 5 aliphatic carbocycles. The van der Waals surface area contributed by atoms with Crippen LogP contribution in [0, 0.1) is 33.0 Å². The maximum Gasteiger partial charge on any atom is 0.329 e. The van der Waals surface area contributed by atoms with Gasteiger partial charge in [0.15, 0.2) is 5.76 Å². The van der Waals surface area contributed by atoms with Gasteiger partial charge in [-0.3, -0.25) is 9.59 Å². The lowest BCUT2D eigenvalue weighted by Crippen LogP contribution is -2.63. The number of amides is 1. The zero-order chi connectivity index (χ0) is 31.6. The van der Waals surface area contributed by atoms with E-state index in [2.05, 4.69) is 58.7 Å². The van der Waals surface area contributed by atoms with Crippen LogP contribution < -0.4 is 5.32 Å². The van der Waals surface area contributed by atoms with Crippen molar-refractivity contribution in [2.45, 2.75) is 92.5 Å². The number of carbonyl (C=O) groups excluding carboxylic acids is 3. The number of methoxy groups -OCH3 is 1. The summed E-state index contributed by atoms with van der Waals surface area (Å²) in [5.74, 6) is 0.545. The third-order valence-electron chi connectivity index (χ3n) is 12.7. The van der Waals surface area contributed by atoms with Crippen LogP contribution >= 0.6 is 11.8 Å². The summed E-state index contributed by atoms with van der Waals surface area (Å²) in [6.07, 6.45) is 14.5. The molecule has 2 N–H and O–H groups in total. The van der Waals surface area contributed by atoms with E-state index in [9.17, 15) is 19.5 Å². The lowest BCUT2D eigenvalue weighted by Gasteiger charge is -2.70. The van der Waals surface area contributed by atoms with E-state index < -0.39 is 17.4 Å². The molecule has 3 fully saturated rings. The summed E-state index contributed by atoms with van der Waals surface area (Å²) in [6, 6.07) is -0.688. The van der Waals surface area contributed by atoms with Crippen LogP contribution in [0.25, 0.3) is 0 Å². The first-order valence-electron chi connectivity index (χ1n) is 15.8. The van der Waals surface area contributed by atoms with Crippen LogP contribution in [0.15, 0.2) is 58.9 Å². The summed E-state index contributed by atoms with van der Waals surface area (Å²) in [4.78, 5) is 39.4. The van der Waals surface area contributed by atoms with Crippen LogP contribution in [0.4, 0.5) is 0 Å². The molecule has 0 radical (unpaired) electrons. The van der Waals surface area contributed by atoms with Gasteiger partial charge in [0.2, 0.25) is 11.7 Å². The second-order valence-electron chi connectivity index (χ2n) is 15.0. The molecule has 0 bridgehead atoms. The maximum absolute atomic E-state index is 14.0. The number of nitrogens with one attached hydrogen (secondary N) is 1. The third kappa shape index (κ3) is 4.71. The summed E-state index contributed by atoms with van der Waals surface area (Å²) < 4.78 is 5.04. The number of hydrogen-bond donors (Lipinski definition) is 2. The lowest BCUT2D eigenvalue weighted by molar-refractivity contribution is -0.170. The number of hydrogen-bond acceptors (Lipinski definition) is 6. The Morgan fingerprint density at radius 1 is 1.12 bits per heavy atom. The first-order valence-corrected chi connectivity index (χ1v) is 16.9. The molecule has 7 heteroatoms. The van der Waals surface area contributed by atoms with E-state index >= 15 is 0 Å². The number of ketones is 1. The number of aliphatic hydroxyl groups excluding tert-OH is 1. The van der Waals surface area contributed by atoms with Crippen LogP contribution in [-0.4, -0.2) is 47.4 Å². The van der Waals surface area contributed by atoms with Gasteiger partial charge in [0.05, 0.1) is 7.11 Å². The second kappa shape index (κ2) is 10.8. The van der Waals surface area contributed by atoms with E-state index in [0.29, 0.717) is 23.0 Å². The van der Waals surface area contributed by atoms with Crippen LogP contribution in [0.5, 0.6) is 0 Å². The Hall–Kier alpha value is -2.54. The first-order chi connectivity index (χ1) is 20.1. The van der Waals surface area contributed by atoms with Crippen molar-refractivity contribution in [2.24, 2.45) is 33.0 Å². The molecule has 6 nitrogen and oxygen atoms in total. The van der Waals surface area contributed by atoms with Crippen molar-refractivity contribution in [2.75, 3.05) is 18.6 Å². The quantitative estimate of drug-likeness (QED) is 0.181. The third-order valence-corrected chi connectivity index (χ3v) is 13.8. The van der Waals surface area contributed by atoms with E-state index in [1.165, 1.54) is 12.7 Å². The first kappa shape index (κ1) is 31.9. The van der Waals surface area contributed by atoms with Crippen molar-refractivity contribution >= 4 is 29.4 Å². The van der Waals surface area contributed by atoms with Crippen LogP contribution in [-0.2, 0) is 19.1 Å². The Kier molecular flexibility index (Phi) is 8.02. The van der Waals surface area contributed by atoms with Gasteiger partial charge in [-0.15, -0.1) is 6.58 Å². The molecule has 0 spiro atoms. The highest BCUT2D eigenvalue weighted by molar-refractivity contribution is 7.99. The van der Waals surface area contributed by atoms with Crippen molar-refractivity contribution in [3.63, 3.8) is 0 Å². The van der Waals surface area contributed by atoms with Gasteiger partial charge in [-0.2, -0.15) is 11.8 Å². The lowest BCUT2D eigenvalue weighted by atomic mass is 9.34. The molecule has 5 rings (SSSR count). The van der Waals surface area contributed by atoms with Crippen LogP contribution in [0.1, 0.15) is 86.5 Å². The molecule has 0 unspecified atom stereocenters. The smallest absolute Gasteiger partial charge is 0.329 e. The number of esters is 1. The molecule has 0 aliphatic heterocycles. The second-order valence-corrected chi connectivity index (χ2v) is 16.1. The van der Waals surface area contributed by atoms with Gasteiger partial charge in [-0.1, -0.05) is 58.4 Å². The van der Waals surface area contributed by atoms with Gasteiger partial charge in [-0.25, -0.2) is 4.79 Å². The van der Waals surface area contributed by atoms with Gasteiger partial charge >= 0.3 is 5.97 Å². The SMILES string of the molecule is C=CCSC[C@H](NC(=O)[C@@]1(C)CC[C@]2(C)CC[C@]3(C)C4=CC=C5C(=CC(=O)C(O)=C5C)[C@@]4(C)CC[C@@]3(C)[C@H]2C1)C(=O)OC. The summed E-state index contributed by atoms with van der Waals surface area (Å²) in [5, 5.41) is 13.5. The highest BCUT2D eigenvalue weighted by atomic mass is 32.2. The van der Waals surface area contributed by atoms with Crippen molar-refractivity contribution in [3.05, 3.63) is 58.9 Å². The van der Waals surface area contributed by atoms with Crippen LogP contribution in [0.3, 0.4) is 0 Å². The normalized spacial score (nSPS) is 39.1. The van der Waals surface area contributed by atoms with Gasteiger partial charge in [0.25, 0.3) is 0 Å². The number of carbonyl (C=O) groups is 3. The molecule has 0 aromatic rings. The largest absolute Gasteiger partial charge is 0.504 e. The maximum atomic E-state index is 14.0. The Bertz CT molecular complexity index is 1390. The summed E-state index contributed by atoms with van der Waals surface area (Å²) in [7, 11) is 1.37. The number of aliphatic hydroxyl groups is 1.